The van der Waals surface area contributed by atoms with E-state index in [0.29, 0.717) is 36.4 Å². The molecule has 7 nitrogen and oxygen atoms in total. The van der Waals surface area contributed by atoms with Crippen LogP contribution in [0.2, 0.25) is 0 Å². The summed E-state index contributed by atoms with van der Waals surface area (Å²) < 4.78 is 94.0. The molecule has 0 spiro atoms. The van der Waals surface area contributed by atoms with E-state index in [1.165, 1.54) is 39.3 Å². The molecule has 46 heavy (non-hydrogen) atoms. The van der Waals surface area contributed by atoms with Gasteiger partial charge in [0.15, 0.2) is 5.75 Å². The third-order valence-corrected chi connectivity index (χ3v) is 8.69. The van der Waals surface area contributed by atoms with Crippen molar-refractivity contribution in [2.45, 2.75) is 64.5 Å². The molecule has 1 aromatic carbocycles. The van der Waals surface area contributed by atoms with Crippen LogP contribution in [0, 0.1) is 5.92 Å². The van der Waals surface area contributed by atoms with Crippen molar-refractivity contribution in [3.05, 3.63) is 65.1 Å². The quantitative estimate of drug-likeness (QED) is 0.125. The topological polar surface area (TPSA) is 63.6 Å². The van der Waals surface area contributed by atoms with E-state index >= 15 is 0 Å². The fraction of sp³-hybridized carbons (Fsp3) is 0.531. The Hall–Kier alpha value is -3.42. The first-order valence-electron chi connectivity index (χ1n) is 15.1. The summed E-state index contributed by atoms with van der Waals surface area (Å²) in [4.78, 5) is 17.3. The third-order valence-electron chi connectivity index (χ3n) is 8.12. The maximum atomic E-state index is 13.8. The Kier molecular flexibility index (Phi) is 11.9. The zero-order chi connectivity index (χ0) is 33.5. The summed E-state index contributed by atoms with van der Waals surface area (Å²) in [5.41, 5.74) is -1.66. The summed E-state index contributed by atoms with van der Waals surface area (Å²) in [6.45, 7) is 5.42. The van der Waals surface area contributed by atoms with Gasteiger partial charge < -0.3 is 19.3 Å². The van der Waals surface area contributed by atoms with Gasteiger partial charge in [-0.3, -0.25) is 0 Å². The smallest absolute Gasteiger partial charge is 0.416 e. The lowest BCUT2D eigenvalue weighted by molar-refractivity contribution is -0.143. The molecule has 0 saturated heterocycles. The second kappa shape index (κ2) is 15.4. The molecule has 1 fully saturated rings. The predicted molar refractivity (Wildman–Crippen MR) is 168 cm³/mol. The summed E-state index contributed by atoms with van der Waals surface area (Å²) in [6, 6.07) is 4.21. The minimum atomic E-state index is -4.99. The molecule has 1 unspecified atom stereocenters. The van der Waals surface area contributed by atoms with Gasteiger partial charge in [-0.05, 0) is 68.7 Å². The van der Waals surface area contributed by atoms with Crippen LogP contribution in [0.15, 0.2) is 42.7 Å². The molecular formula is C32H39F6N5O2S. The van der Waals surface area contributed by atoms with Gasteiger partial charge in [-0.1, -0.05) is 12.8 Å². The highest BCUT2D eigenvalue weighted by atomic mass is 32.2. The Bertz CT molecular complexity index is 1390. The molecule has 0 bridgehead atoms. The van der Waals surface area contributed by atoms with Crippen LogP contribution < -0.4 is 19.3 Å². The van der Waals surface area contributed by atoms with Crippen molar-refractivity contribution >= 4 is 23.4 Å². The molecule has 1 atom stereocenters. The van der Waals surface area contributed by atoms with Crippen LogP contribution in [0.5, 0.6) is 11.6 Å². The van der Waals surface area contributed by atoms with Gasteiger partial charge in [-0.25, -0.2) is 15.0 Å². The van der Waals surface area contributed by atoms with Crippen LogP contribution in [0.1, 0.15) is 68.0 Å². The van der Waals surface area contributed by atoms with Crippen LogP contribution in [0.4, 0.5) is 38.0 Å². The number of thioether (sulfide) groups is 1. The summed E-state index contributed by atoms with van der Waals surface area (Å²) in [7, 11) is 1.47. The Balaban J connectivity index is 1.80. The number of methoxy groups -OCH3 is 1. The minimum Gasteiger partial charge on any atom is -0.489 e. The molecule has 1 aliphatic carbocycles. The summed E-state index contributed by atoms with van der Waals surface area (Å²) in [6.07, 6.45) is -0.578. The van der Waals surface area contributed by atoms with Crippen molar-refractivity contribution in [3.8, 4) is 11.6 Å². The highest BCUT2D eigenvalue weighted by molar-refractivity contribution is 7.98. The molecule has 0 aliphatic heterocycles. The molecule has 0 radical (unpaired) electrons. The maximum absolute atomic E-state index is 13.8. The van der Waals surface area contributed by atoms with E-state index in [4.69, 9.17) is 14.5 Å². The number of nitrogens with zero attached hydrogens (tertiary/aromatic N) is 5. The van der Waals surface area contributed by atoms with E-state index in [9.17, 15) is 26.3 Å². The van der Waals surface area contributed by atoms with Gasteiger partial charge in [0.05, 0.1) is 61.2 Å². The number of anilines is 2. The van der Waals surface area contributed by atoms with E-state index in [-0.39, 0.29) is 24.1 Å². The second-order valence-corrected chi connectivity index (χ2v) is 12.2. The first-order chi connectivity index (χ1) is 21.8. The Morgan fingerprint density at radius 2 is 1.61 bits per heavy atom. The van der Waals surface area contributed by atoms with Gasteiger partial charge in [0.1, 0.15) is 0 Å². The highest BCUT2D eigenvalue weighted by Crippen LogP contribution is 2.39. The first kappa shape index (κ1) is 35.4. The zero-order valence-corrected chi connectivity index (χ0v) is 27.1. The van der Waals surface area contributed by atoms with Crippen molar-refractivity contribution in [1.29, 1.82) is 0 Å². The Morgan fingerprint density at radius 1 is 0.978 bits per heavy atom. The molecule has 3 aromatic rings. The van der Waals surface area contributed by atoms with Crippen molar-refractivity contribution in [1.82, 2.24) is 15.0 Å². The molecule has 4 rings (SSSR count). The molecule has 2 aromatic heterocycles. The van der Waals surface area contributed by atoms with Crippen LogP contribution in [-0.2, 0) is 18.9 Å². The highest BCUT2D eigenvalue weighted by Gasteiger charge is 2.38. The predicted octanol–water partition coefficient (Wildman–Crippen LogP) is 8.44. The van der Waals surface area contributed by atoms with Crippen LogP contribution in [0.3, 0.4) is 0 Å². The van der Waals surface area contributed by atoms with Gasteiger partial charge in [-0.15, -0.1) is 0 Å². The number of alkyl halides is 6. The normalized spacial score (nSPS) is 14.7. The van der Waals surface area contributed by atoms with E-state index in [1.807, 2.05) is 19.2 Å². The van der Waals surface area contributed by atoms with Gasteiger partial charge in [0, 0.05) is 24.9 Å². The molecule has 2 heterocycles. The lowest BCUT2D eigenvalue weighted by Crippen LogP contribution is -2.33. The van der Waals surface area contributed by atoms with Crippen molar-refractivity contribution in [2.75, 3.05) is 48.6 Å². The fourth-order valence-corrected chi connectivity index (χ4v) is 5.86. The third kappa shape index (κ3) is 9.10. The molecule has 0 N–H and O–H groups in total. The monoisotopic (exact) mass is 671 g/mol. The standard InChI is InChI=1S/C32H39F6N5O2S/c1-5-42(19-22-8-6-7-9-22)28-10-11-29(44-3)41-27(28)20-43(30-39-17-26(18-40-30)45-12-13-46-4)21(2)23-14-24(31(33,34)35)16-25(15-23)32(36,37)38/h10-11,14-18,21-22H,5-9,12-13,19-20H2,1-4H3. The number of ether oxygens (including phenoxy) is 2. The SMILES string of the molecule is CCN(CC1CCCC1)c1ccc(OC)nc1CN(c1ncc(OCCSC)cn1)C(C)c1cc(C(F)(F)F)cc(C(F)(F)F)c1. The molecule has 14 heteroatoms. The molecule has 252 valence electrons. The molecule has 1 saturated carbocycles. The van der Waals surface area contributed by atoms with Gasteiger partial charge in [0.25, 0.3) is 0 Å². The molecule has 1 aliphatic rings. The van der Waals surface area contributed by atoms with Crippen LogP contribution >= 0.6 is 11.8 Å². The summed E-state index contributed by atoms with van der Waals surface area (Å²) in [5.74, 6) is 2.04. The van der Waals surface area contributed by atoms with E-state index in [2.05, 4.69) is 14.9 Å². The average Bonchev–Trinajstić information content (AvgIpc) is 3.55. The molecular weight excluding hydrogens is 632 g/mol. The van der Waals surface area contributed by atoms with E-state index < -0.39 is 29.5 Å². The molecule has 0 amide bonds. The number of halogens is 6. The number of pyridine rings is 1. The van der Waals surface area contributed by atoms with Crippen LogP contribution in [-0.4, -0.2) is 53.8 Å². The van der Waals surface area contributed by atoms with Crippen molar-refractivity contribution in [3.63, 3.8) is 0 Å². The second-order valence-electron chi connectivity index (χ2n) is 11.2. The number of hydrogen-bond donors (Lipinski definition) is 0. The largest absolute Gasteiger partial charge is 0.489 e. The lowest BCUT2D eigenvalue weighted by atomic mass is 9.99. The Labute approximate surface area is 269 Å². The van der Waals surface area contributed by atoms with Crippen molar-refractivity contribution < 1.29 is 35.8 Å². The summed E-state index contributed by atoms with van der Waals surface area (Å²) >= 11 is 1.60. The minimum absolute atomic E-state index is 0.0286. The van der Waals surface area contributed by atoms with Gasteiger partial charge >= 0.3 is 12.4 Å². The zero-order valence-electron chi connectivity index (χ0n) is 26.3. The maximum Gasteiger partial charge on any atom is 0.416 e. The van der Waals surface area contributed by atoms with Crippen LogP contribution in [0.25, 0.3) is 0 Å². The van der Waals surface area contributed by atoms with Gasteiger partial charge in [0.2, 0.25) is 11.8 Å². The number of aromatic nitrogens is 3. The number of benzene rings is 1. The number of rotatable bonds is 14. The van der Waals surface area contributed by atoms with E-state index in [0.717, 1.165) is 43.0 Å². The summed E-state index contributed by atoms with van der Waals surface area (Å²) in [5, 5.41) is 0. The first-order valence-corrected chi connectivity index (χ1v) is 16.5. The fourth-order valence-electron chi connectivity index (χ4n) is 5.61. The van der Waals surface area contributed by atoms with E-state index in [1.54, 1.807) is 22.7 Å². The Morgan fingerprint density at radius 3 is 2.15 bits per heavy atom. The van der Waals surface area contributed by atoms with Crippen molar-refractivity contribution in [2.24, 2.45) is 5.92 Å². The lowest BCUT2D eigenvalue weighted by Gasteiger charge is -2.33. The number of hydrogen-bond acceptors (Lipinski definition) is 8. The average molecular weight is 672 g/mol. The van der Waals surface area contributed by atoms with Gasteiger partial charge in [-0.2, -0.15) is 38.1 Å².